The summed E-state index contributed by atoms with van der Waals surface area (Å²) in [6.07, 6.45) is 3.02. The SMILES string of the molecule is CCN(C(=O)c1cc(F)ccc1Oc1cncnc1N[C@H]1[C@@H]2CNC[C@@H]21)C(C)C. The minimum atomic E-state index is -0.485. The predicted molar refractivity (Wildman–Crippen MR) is 108 cm³/mol. The molecule has 1 amide bonds. The molecule has 2 fully saturated rings. The van der Waals surface area contributed by atoms with Gasteiger partial charge in [-0.2, -0.15) is 0 Å². The molecule has 0 radical (unpaired) electrons. The second kappa shape index (κ2) is 7.94. The van der Waals surface area contributed by atoms with E-state index >= 15 is 0 Å². The topological polar surface area (TPSA) is 79.4 Å². The van der Waals surface area contributed by atoms with Crippen LogP contribution in [0.15, 0.2) is 30.7 Å². The molecule has 0 unspecified atom stereocenters. The van der Waals surface area contributed by atoms with Crippen molar-refractivity contribution in [2.45, 2.75) is 32.9 Å². The second-order valence-electron chi connectivity index (χ2n) is 7.82. The number of carbonyl (C=O) groups is 1. The third-order valence-electron chi connectivity index (χ3n) is 5.69. The minimum Gasteiger partial charge on any atom is -0.451 e. The smallest absolute Gasteiger partial charge is 0.257 e. The summed E-state index contributed by atoms with van der Waals surface area (Å²) in [6.45, 7) is 8.27. The highest BCUT2D eigenvalue weighted by Gasteiger charge is 2.53. The number of hydrogen-bond acceptors (Lipinski definition) is 6. The van der Waals surface area contributed by atoms with E-state index in [1.807, 2.05) is 20.8 Å². The molecule has 2 aromatic rings. The highest BCUT2D eigenvalue weighted by Crippen LogP contribution is 2.44. The van der Waals surface area contributed by atoms with E-state index in [0.29, 0.717) is 36.0 Å². The number of ether oxygens (including phenoxy) is 1. The van der Waals surface area contributed by atoms with Crippen molar-refractivity contribution in [3.8, 4) is 11.5 Å². The Kier molecular flexibility index (Phi) is 5.36. The van der Waals surface area contributed by atoms with Gasteiger partial charge in [-0.05, 0) is 50.8 Å². The van der Waals surface area contributed by atoms with Crippen LogP contribution in [-0.4, -0.2) is 52.5 Å². The number of fused-ring (bicyclic) bond motifs is 1. The molecule has 154 valence electrons. The molecule has 1 saturated carbocycles. The largest absolute Gasteiger partial charge is 0.451 e. The van der Waals surface area contributed by atoms with Gasteiger partial charge in [0.1, 0.15) is 17.9 Å². The van der Waals surface area contributed by atoms with Crippen LogP contribution in [0.25, 0.3) is 0 Å². The highest BCUT2D eigenvalue weighted by molar-refractivity contribution is 5.97. The van der Waals surface area contributed by atoms with Gasteiger partial charge < -0.3 is 20.3 Å². The first-order valence-corrected chi connectivity index (χ1v) is 10.0. The molecule has 1 saturated heterocycles. The van der Waals surface area contributed by atoms with E-state index in [4.69, 9.17) is 4.74 Å². The van der Waals surface area contributed by atoms with Crippen LogP contribution in [-0.2, 0) is 0 Å². The number of nitrogens with one attached hydrogen (secondary N) is 2. The lowest BCUT2D eigenvalue weighted by Crippen LogP contribution is -2.36. The molecular weight excluding hydrogens is 373 g/mol. The molecule has 0 spiro atoms. The predicted octanol–water partition coefficient (Wildman–Crippen LogP) is 2.91. The average Bonchev–Trinajstić information content (AvgIpc) is 3.11. The highest BCUT2D eigenvalue weighted by atomic mass is 19.1. The number of halogens is 1. The molecule has 1 aromatic carbocycles. The fraction of sp³-hybridized carbons (Fsp3) is 0.476. The van der Waals surface area contributed by atoms with Crippen molar-refractivity contribution in [2.24, 2.45) is 11.8 Å². The molecule has 2 N–H and O–H groups in total. The van der Waals surface area contributed by atoms with E-state index in [9.17, 15) is 9.18 Å². The monoisotopic (exact) mass is 399 g/mol. The Hall–Kier alpha value is -2.74. The van der Waals surface area contributed by atoms with Gasteiger partial charge >= 0.3 is 0 Å². The van der Waals surface area contributed by atoms with Crippen molar-refractivity contribution < 1.29 is 13.9 Å². The maximum atomic E-state index is 13.9. The number of carbonyl (C=O) groups excluding carboxylic acids is 1. The number of aromatic nitrogens is 2. The van der Waals surface area contributed by atoms with Crippen LogP contribution in [0.1, 0.15) is 31.1 Å². The number of benzene rings is 1. The van der Waals surface area contributed by atoms with E-state index in [2.05, 4.69) is 20.6 Å². The van der Waals surface area contributed by atoms with Crippen LogP contribution in [0, 0.1) is 17.7 Å². The third kappa shape index (κ3) is 3.89. The lowest BCUT2D eigenvalue weighted by Gasteiger charge is -2.26. The summed E-state index contributed by atoms with van der Waals surface area (Å²) in [5.74, 6) is 1.73. The standard InChI is InChI=1S/C21H26FN5O2/c1-4-27(12(2)3)21(28)14-7-13(22)5-6-17(14)29-18-10-24-11-25-20(18)26-19-15-8-23-9-16(15)19/h5-7,10-12,15-16,19,23H,4,8-9H2,1-3H3,(H,24,25,26)/t15-,16+,19+. The zero-order valence-electron chi connectivity index (χ0n) is 16.9. The van der Waals surface area contributed by atoms with Gasteiger partial charge in [0, 0.05) is 31.7 Å². The summed E-state index contributed by atoms with van der Waals surface area (Å²) in [6, 6.07) is 4.33. The number of amides is 1. The molecule has 7 nitrogen and oxygen atoms in total. The maximum Gasteiger partial charge on any atom is 0.257 e. The normalized spacial score (nSPS) is 22.3. The zero-order chi connectivity index (χ0) is 20.5. The van der Waals surface area contributed by atoms with Gasteiger partial charge in [0.05, 0.1) is 11.8 Å². The Morgan fingerprint density at radius 3 is 2.79 bits per heavy atom. The number of rotatable bonds is 7. The van der Waals surface area contributed by atoms with Crippen molar-refractivity contribution >= 4 is 11.7 Å². The fourth-order valence-electron chi connectivity index (χ4n) is 4.07. The fourth-order valence-corrected chi connectivity index (χ4v) is 4.07. The molecule has 8 heteroatoms. The van der Waals surface area contributed by atoms with E-state index in [-0.39, 0.29) is 23.3 Å². The molecule has 0 bridgehead atoms. The lowest BCUT2D eigenvalue weighted by atomic mass is 10.1. The molecule has 1 aromatic heterocycles. The lowest BCUT2D eigenvalue weighted by molar-refractivity contribution is 0.0713. The first-order chi connectivity index (χ1) is 14.0. The number of nitrogens with zero attached hydrogens (tertiary/aromatic N) is 3. The molecule has 29 heavy (non-hydrogen) atoms. The number of anilines is 1. The molecule has 1 aliphatic carbocycles. The van der Waals surface area contributed by atoms with Crippen LogP contribution >= 0.6 is 0 Å². The second-order valence-corrected chi connectivity index (χ2v) is 7.82. The van der Waals surface area contributed by atoms with Crippen molar-refractivity contribution in [3.05, 3.63) is 42.1 Å². The molecule has 1 aliphatic heterocycles. The first-order valence-electron chi connectivity index (χ1n) is 10.0. The van der Waals surface area contributed by atoms with Crippen LogP contribution in [0.5, 0.6) is 11.5 Å². The summed E-state index contributed by atoms with van der Waals surface area (Å²) >= 11 is 0. The minimum absolute atomic E-state index is 0.0104. The number of hydrogen-bond donors (Lipinski definition) is 2. The Bertz CT molecular complexity index is 896. The Balaban J connectivity index is 1.59. The van der Waals surface area contributed by atoms with E-state index in [1.165, 1.54) is 24.5 Å². The Morgan fingerprint density at radius 1 is 1.34 bits per heavy atom. The van der Waals surface area contributed by atoms with Gasteiger partial charge in [-0.25, -0.2) is 14.4 Å². The van der Waals surface area contributed by atoms with Crippen molar-refractivity contribution in [1.29, 1.82) is 0 Å². The molecule has 2 aliphatic rings. The average molecular weight is 399 g/mol. The van der Waals surface area contributed by atoms with Crippen LogP contribution < -0.4 is 15.4 Å². The summed E-state index contributed by atoms with van der Waals surface area (Å²) in [4.78, 5) is 23.1. The molecule has 2 heterocycles. The summed E-state index contributed by atoms with van der Waals surface area (Å²) in [5, 5.41) is 6.79. The van der Waals surface area contributed by atoms with Crippen molar-refractivity contribution in [2.75, 3.05) is 25.0 Å². The van der Waals surface area contributed by atoms with Gasteiger partial charge in [0.2, 0.25) is 0 Å². The molecule has 4 rings (SSSR count). The maximum absolute atomic E-state index is 13.9. The van der Waals surface area contributed by atoms with Gasteiger partial charge in [-0.15, -0.1) is 0 Å². The van der Waals surface area contributed by atoms with Crippen LogP contribution in [0.4, 0.5) is 10.2 Å². The third-order valence-corrected chi connectivity index (χ3v) is 5.69. The van der Waals surface area contributed by atoms with Gasteiger partial charge in [0.25, 0.3) is 5.91 Å². The first kappa shape index (κ1) is 19.6. The quantitative estimate of drug-likeness (QED) is 0.745. The zero-order valence-corrected chi connectivity index (χ0v) is 16.9. The van der Waals surface area contributed by atoms with E-state index < -0.39 is 5.82 Å². The Morgan fingerprint density at radius 2 is 2.10 bits per heavy atom. The van der Waals surface area contributed by atoms with Crippen LogP contribution in [0.3, 0.4) is 0 Å². The summed E-state index contributed by atoms with van der Waals surface area (Å²) in [5.41, 5.74) is 0.183. The van der Waals surface area contributed by atoms with Crippen molar-refractivity contribution in [3.63, 3.8) is 0 Å². The number of piperidine rings is 1. The van der Waals surface area contributed by atoms with Crippen molar-refractivity contribution in [1.82, 2.24) is 20.2 Å². The summed E-state index contributed by atoms with van der Waals surface area (Å²) in [7, 11) is 0. The molecule has 3 atom stereocenters. The van der Waals surface area contributed by atoms with Crippen LogP contribution in [0.2, 0.25) is 0 Å². The molecular formula is C21H26FN5O2. The van der Waals surface area contributed by atoms with E-state index in [1.54, 1.807) is 11.1 Å². The van der Waals surface area contributed by atoms with Gasteiger partial charge in [-0.3, -0.25) is 4.79 Å². The Labute approximate surface area is 169 Å². The van der Waals surface area contributed by atoms with Gasteiger partial charge in [-0.1, -0.05) is 0 Å². The summed E-state index contributed by atoms with van der Waals surface area (Å²) < 4.78 is 20.0. The van der Waals surface area contributed by atoms with Gasteiger partial charge in [0.15, 0.2) is 11.6 Å². The van der Waals surface area contributed by atoms with E-state index in [0.717, 1.165) is 13.1 Å².